The van der Waals surface area contributed by atoms with E-state index < -0.39 is 0 Å². The van der Waals surface area contributed by atoms with Gasteiger partial charge in [0, 0.05) is 0 Å². The molecule has 0 saturated heterocycles. The molecular formula is C6H5N3O. The van der Waals surface area contributed by atoms with Gasteiger partial charge in [0.05, 0.1) is 11.9 Å². The molecule has 0 unspecified atom stereocenters. The molecule has 50 valence electrons. The first-order valence-corrected chi connectivity index (χ1v) is 2.89. The zero-order valence-electron chi connectivity index (χ0n) is 5.40. The van der Waals surface area contributed by atoms with Crippen molar-refractivity contribution in [1.82, 2.24) is 15.0 Å². The molecule has 0 radical (unpaired) electrons. The molecule has 0 aliphatic carbocycles. The van der Waals surface area contributed by atoms with Gasteiger partial charge in [0.1, 0.15) is 0 Å². The Kier molecular flexibility index (Phi) is 0.943. The Balaban J connectivity index is 2.86. The molecule has 2 aromatic heterocycles. The number of rotatable bonds is 0. The van der Waals surface area contributed by atoms with Crippen molar-refractivity contribution in [2.75, 3.05) is 0 Å². The molecule has 0 aromatic carbocycles. The predicted molar refractivity (Wildman–Crippen MR) is 34.3 cm³/mol. The summed E-state index contributed by atoms with van der Waals surface area (Å²) in [5.74, 6) is 0. The van der Waals surface area contributed by atoms with E-state index in [-0.39, 0.29) is 0 Å². The van der Waals surface area contributed by atoms with Gasteiger partial charge in [0.2, 0.25) is 5.65 Å². The van der Waals surface area contributed by atoms with Crippen molar-refractivity contribution < 1.29 is 4.42 Å². The Morgan fingerprint density at radius 1 is 1.40 bits per heavy atom. The van der Waals surface area contributed by atoms with Crippen molar-refractivity contribution in [3.05, 3.63) is 18.3 Å². The van der Waals surface area contributed by atoms with Crippen molar-refractivity contribution in [3.8, 4) is 0 Å². The molecule has 2 rings (SSSR count). The topological polar surface area (TPSA) is 51.8 Å². The Labute approximate surface area is 56.9 Å². The van der Waals surface area contributed by atoms with Crippen molar-refractivity contribution >= 4 is 11.4 Å². The molecule has 0 amide bonds. The van der Waals surface area contributed by atoms with Gasteiger partial charge in [-0.25, -0.2) is 9.97 Å². The lowest BCUT2D eigenvalue weighted by Gasteiger charge is -1.86. The standard InChI is InChI=1S/C6H5N3O/c1-4-2-7-5-6(9-4)10-3-8-5/h2-3H,1H3. The minimum Gasteiger partial charge on any atom is -0.424 e. The van der Waals surface area contributed by atoms with Gasteiger partial charge in [-0.3, -0.25) is 0 Å². The van der Waals surface area contributed by atoms with E-state index in [2.05, 4.69) is 15.0 Å². The molecule has 0 aliphatic rings. The molecule has 0 aliphatic heterocycles. The second-order valence-electron chi connectivity index (χ2n) is 1.99. The summed E-state index contributed by atoms with van der Waals surface area (Å²) in [6.45, 7) is 1.86. The van der Waals surface area contributed by atoms with Crippen LogP contribution in [0.2, 0.25) is 0 Å². The Bertz CT molecular complexity index is 355. The van der Waals surface area contributed by atoms with Crippen LogP contribution in [0.25, 0.3) is 11.4 Å². The first kappa shape index (κ1) is 5.34. The highest BCUT2D eigenvalue weighted by molar-refractivity contribution is 5.60. The molecule has 0 N–H and O–H groups in total. The van der Waals surface area contributed by atoms with E-state index in [1.165, 1.54) is 6.39 Å². The van der Waals surface area contributed by atoms with Crippen LogP contribution in [0, 0.1) is 6.92 Å². The van der Waals surface area contributed by atoms with Gasteiger partial charge < -0.3 is 4.42 Å². The number of hydrogen-bond donors (Lipinski definition) is 0. The van der Waals surface area contributed by atoms with E-state index >= 15 is 0 Å². The third kappa shape index (κ3) is 0.655. The fraction of sp³-hybridized carbons (Fsp3) is 0.167. The number of fused-ring (bicyclic) bond motifs is 1. The lowest BCUT2D eigenvalue weighted by Crippen LogP contribution is -1.83. The molecule has 0 bridgehead atoms. The van der Waals surface area contributed by atoms with Crippen LogP contribution in [0.15, 0.2) is 17.0 Å². The van der Waals surface area contributed by atoms with E-state index in [0.29, 0.717) is 11.4 Å². The third-order valence-corrected chi connectivity index (χ3v) is 1.18. The zero-order valence-corrected chi connectivity index (χ0v) is 5.40. The van der Waals surface area contributed by atoms with E-state index in [1.807, 2.05) is 6.92 Å². The van der Waals surface area contributed by atoms with Crippen LogP contribution < -0.4 is 0 Å². The number of nitrogens with zero attached hydrogens (tertiary/aromatic N) is 3. The van der Waals surface area contributed by atoms with Crippen LogP contribution in [-0.4, -0.2) is 15.0 Å². The van der Waals surface area contributed by atoms with Gasteiger partial charge in [-0.2, -0.15) is 4.98 Å². The predicted octanol–water partition coefficient (Wildman–Crippen LogP) is 0.926. The Hall–Kier alpha value is -1.45. The number of aryl methyl sites for hydroxylation is 1. The largest absolute Gasteiger partial charge is 0.424 e. The van der Waals surface area contributed by atoms with Crippen molar-refractivity contribution in [2.24, 2.45) is 0 Å². The smallest absolute Gasteiger partial charge is 0.266 e. The molecule has 10 heavy (non-hydrogen) atoms. The van der Waals surface area contributed by atoms with E-state index in [0.717, 1.165) is 5.69 Å². The zero-order chi connectivity index (χ0) is 6.97. The molecule has 0 spiro atoms. The molecule has 0 saturated carbocycles. The van der Waals surface area contributed by atoms with Crippen LogP contribution in [0.4, 0.5) is 0 Å². The number of oxazole rings is 1. The quantitative estimate of drug-likeness (QED) is 0.539. The number of aromatic nitrogens is 3. The highest BCUT2D eigenvalue weighted by atomic mass is 16.3. The summed E-state index contributed by atoms with van der Waals surface area (Å²) >= 11 is 0. The molecule has 2 heterocycles. The van der Waals surface area contributed by atoms with Crippen molar-refractivity contribution in [1.29, 1.82) is 0 Å². The monoisotopic (exact) mass is 135 g/mol. The van der Waals surface area contributed by atoms with Gasteiger partial charge in [-0.15, -0.1) is 0 Å². The lowest BCUT2D eigenvalue weighted by atomic mass is 10.5. The fourth-order valence-corrected chi connectivity index (χ4v) is 0.743. The fourth-order valence-electron chi connectivity index (χ4n) is 0.743. The van der Waals surface area contributed by atoms with E-state index in [4.69, 9.17) is 4.42 Å². The van der Waals surface area contributed by atoms with Gasteiger partial charge >= 0.3 is 0 Å². The summed E-state index contributed by atoms with van der Waals surface area (Å²) in [7, 11) is 0. The summed E-state index contributed by atoms with van der Waals surface area (Å²) in [6.07, 6.45) is 3.00. The summed E-state index contributed by atoms with van der Waals surface area (Å²) in [6, 6.07) is 0. The first-order chi connectivity index (χ1) is 4.86. The van der Waals surface area contributed by atoms with Gasteiger partial charge in [0.25, 0.3) is 5.71 Å². The summed E-state index contributed by atoms with van der Waals surface area (Å²) in [5, 5.41) is 0. The maximum Gasteiger partial charge on any atom is 0.266 e. The average molecular weight is 135 g/mol. The van der Waals surface area contributed by atoms with Crippen molar-refractivity contribution in [2.45, 2.75) is 6.92 Å². The molecule has 2 aromatic rings. The van der Waals surface area contributed by atoms with Gasteiger partial charge in [-0.05, 0) is 6.92 Å². The Morgan fingerprint density at radius 2 is 2.30 bits per heavy atom. The molecule has 0 fully saturated rings. The maximum atomic E-state index is 4.91. The minimum absolute atomic E-state index is 0.500. The minimum atomic E-state index is 0.500. The van der Waals surface area contributed by atoms with Crippen LogP contribution >= 0.6 is 0 Å². The third-order valence-electron chi connectivity index (χ3n) is 1.18. The van der Waals surface area contributed by atoms with E-state index in [1.54, 1.807) is 6.20 Å². The number of hydrogen-bond acceptors (Lipinski definition) is 4. The van der Waals surface area contributed by atoms with Gasteiger partial charge in [-0.1, -0.05) is 0 Å². The molecular weight excluding hydrogens is 130 g/mol. The summed E-state index contributed by atoms with van der Waals surface area (Å²) in [5.41, 5.74) is 1.90. The van der Waals surface area contributed by atoms with Crippen LogP contribution in [-0.2, 0) is 0 Å². The molecule has 4 nitrogen and oxygen atoms in total. The average Bonchev–Trinajstić information content (AvgIpc) is 2.33. The summed E-state index contributed by atoms with van der Waals surface area (Å²) < 4.78 is 4.91. The van der Waals surface area contributed by atoms with Crippen LogP contribution in [0.3, 0.4) is 0 Å². The highest BCUT2D eigenvalue weighted by Gasteiger charge is 1.98. The molecule has 4 heteroatoms. The highest BCUT2D eigenvalue weighted by Crippen LogP contribution is 2.04. The molecule has 0 atom stereocenters. The maximum absolute atomic E-state index is 4.91. The normalized spacial score (nSPS) is 10.5. The van der Waals surface area contributed by atoms with Crippen LogP contribution in [0.1, 0.15) is 5.69 Å². The second-order valence-corrected chi connectivity index (χ2v) is 1.99. The van der Waals surface area contributed by atoms with Gasteiger partial charge in [0.15, 0.2) is 6.39 Å². The van der Waals surface area contributed by atoms with E-state index in [9.17, 15) is 0 Å². The lowest BCUT2D eigenvalue weighted by molar-refractivity contribution is 0.589. The van der Waals surface area contributed by atoms with Crippen LogP contribution in [0.5, 0.6) is 0 Å². The first-order valence-electron chi connectivity index (χ1n) is 2.89. The van der Waals surface area contributed by atoms with Crippen molar-refractivity contribution in [3.63, 3.8) is 0 Å². The Morgan fingerprint density at radius 3 is 3.20 bits per heavy atom. The summed E-state index contributed by atoms with van der Waals surface area (Å²) in [4.78, 5) is 11.8. The SMILES string of the molecule is Cc1cnc2ncoc2n1. The second kappa shape index (κ2) is 1.76.